The monoisotopic (exact) mass is 236 g/mol. The first-order chi connectivity index (χ1) is 8.10. The van der Waals surface area contributed by atoms with Crippen LogP contribution in [0.2, 0.25) is 0 Å². The maximum absolute atomic E-state index is 12.2. The molecule has 2 atom stereocenters. The minimum atomic E-state index is 0.00454. The van der Waals surface area contributed by atoms with Crippen LogP contribution in [0.3, 0.4) is 0 Å². The molecule has 17 heavy (non-hydrogen) atoms. The second-order valence-corrected chi connectivity index (χ2v) is 4.80. The number of piperazine rings is 1. The first kappa shape index (κ1) is 12.2. The van der Waals surface area contributed by atoms with Gasteiger partial charge < -0.3 is 14.6 Å². The van der Waals surface area contributed by atoms with Gasteiger partial charge in [0.1, 0.15) is 5.76 Å². The van der Waals surface area contributed by atoms with Crippen LogP contribution >= 0.6 is 0 Å². The highest BCUT2D eigenvalue weighted by atomic mass is 16.4. The van der Waals surface area contributed by atoms with E-state index in [0.29, 0.717) is 17.8 Å². The zero-order valence-electron chi connectivity index (χ0n) is 10.7. The molecule has 1 amide bonds. The fourth-order valence-electron chi connectivity index (χ4n) is 2.33. The van der Waals surface area contributed by atoms with Gasteiger partial charge in [-0.1, -0.05) is 6.92 Å². The minimum Gasteiger partial charge on any atom is -0.456 e. The summed E-state index contributed by atoms with van der Waals surface area (Å²) in [6, 6.07) is 4.33. The summed E-state index contributed by atoms with van der Waals surface area (Å²) in [4.78, 5) is 14.1. The van der Waals surface area contributed by atoms with Crippen molar-refractivity contribution in [3.8, 4) is 0 Å². The molecule has 1 fully saturated rings. The van der Waals surface area contributed by atoms with Crippen LogP contribution in [0.15, 0.2) is 16.5 Å². The van der Waals surface area contributed by atoms with E-state index >= 15 is 0 Å². The summed E-state index contributed by atoms with van der Waals surface area (Å²) in [5.74, 6) is 1.33. The molecule has 0 spiro atoms. The maximum Gasteiger partial charge on any atom is 0.289 e. The lowest BCUT2D eigenvalue weighted by Crippen LogP contribution is -2.55. The van der Waals surface area contributed by atoms with Crippen molar-refractivity contribution >= 4 is 5.91 Å². The number of carbonyl (C=O) groups excluding carboxylic acids is 1. The van der Waals surface area contributed by atoms with Gasteiger partial charge in [-0.25, -0.2) is 0 Å². The summed E-state index contributed by atoms with van der Waals surface area (Å²) in [6.45, 7) is 7.68. The van der Waals surface area contributed by atoms with Crippen LogP contribution in [0.25, 0.3) is 0 Å². The normalized spacial score (nSPS) is 25.0. The van der Waals surface area contributed by atoms with Crippen molar-refractivity contribution < 1.29 is 9.21 Å². The van der Waals surface area contributed by atoms with Crippen molar-refractivity contribution in [2.75, 3.05) is 13.1 Å². The van der Waals surface area contributed by atoms with Gasteiger partial charge in [-0.05, 0) is 26.0 Å². The summed E-state index contributed by atoms with van der Waals surface area (Å²) in [6.07, 6.45) is 0.821. The van der Waals surface area contributed by atoms with Crippen molar-refractivity contribution in [3.63, 3.8) is 0 Å². The second kappa shape index (κ2) is 4.92. The standard InChI is InChI=1S/C13H20N2O2/c1-4-11-5-6-12(17-11)13(16)15-7-9(2)14-10(3)8-15/h5-6,9-10,14H,4,7-8H2,1-3H3/t9-,10-/m1/s1. The van der Waals surface area contributed by atoms with Crippen LogP contribution < -0.4 is 5.32 Å². The van der Waals surface area contributed by atoms with E-state index in [9.17, 15) is 4.79 Å². The van der Waals surface area contributed by atoms with Crippen molar-refractivity contribution in [1.82, 2.24) is 10.2 Å². The van der Waals surface area contributed by atoms with Gasteiger partial charge >= 0.3 is 0 Å². The van der Waals surface area contributed by atoms with Gasteiger partial charge in [0.25, 0.3) is 5.91 Å². The molecule has 2 rings (SSSR count). The lowest BCUT2D eigenvalue weighted by molar-refractivity contribution is 0.0640. The number of nitrogens with zero attached hydrogens (tertiary/aromatic N) is 1. The first-order valence-corrected chi connectivity index (χ1v) is 6.24. The van der Waals surface area contributed by atoms with E-state index in [2.05, 4.69) is 19.2 Å². The average Bonchev–Trinajstić information content (AvgIpc) is 2.75. The van der Waals surface area contributed by atoms with Gasteiger partial charge in [0.05, 0.1) is 0 Å². The smallest absolute Gasteiger partial charge is 0.289 e. The van der Waals surface area contributed by atoms with E-state index in [1.54, 1.807) is 6.07 Å². The summed E-state index contributed by atoms with van der Waals surface area (Å²) < 4.78 is 5.51. The molecule has 0 radical (unpaired) electrons. The molecule has 1 aliphatic heterocycles. The Morgan fingerprint density at radius 1 is 1.41 bits per heavy atom. The molecule has 1 saturated heterocycles. The molecule has 0 aromatic carbocycles. The number of hydrogen-bond acceptors (Lipinski definition) is 3. The van der Waals surface area contributed by atoms with Gasteiger partial charge in [0.2, 0.25) is 0 Å². The summed E-state index contributed by atoms with van der Waals surface area (Å²) in [5.41, 5.74) is 0. The molecular formula is C13H20N2O2. The molecule has 2 heterocycles. The minimum absolute atomic E-state index is 0.00454. The van der Waals surface area contributed by atoms with Crippen molar-refractivity contribution in [2.24, 2.45) is 0 Å². The topological polar surface area (TPSA) is 45.5 Å². The summed E-state index contributed by atoms with van der Waals surface area (Å²) in [5, 5.41) is 3.41. The number of nitrogens with one attached hydrogen (secondary N) is 1. The third kappa shape index (κ3) is 2.69. The highest BCUT2D eigenvalue weighted by Crippen LogP contribution is 2.14. The highest BCUT2D eigenvalue weighted by molar-refractivity contribution is 5.91. The first-order valence-electron chi connectivity index (χ1n) is 6.24. The molecule has 0 unspecified atom stereocenters. The van der Waals surface area contributed by atoms with E-state index in [0.717, 1.165) is 25.3 Å². The number of rotatable bonds is 2. The van der Waals surface area contributed by atoms with E-state index in [1.165, 1.54) is 0 Å². The second-order valence-electron chi connectivity index (χ2n) is 4.80. The molecule has 0 bridgehead atoms. The van der Waals surface area contributed by atoms with Gasteiger partial charge in [-0.2, -0.15) is 0 Å². The number of aryl methyl sites for hydroxylation is 1. The Kier molecular flexibility index (Phi) is 3.52. The Hall–Kier alpha value is -1.29. The van der Waals surface area contributed by atoms with Crippen LogP contribution in [-0.2, 0) is 6.42 Å². The van der Waals surface area contributed by atoms with E-state index in [1.807, 2.05) is 17.9 Å². The Bertz CT molecular complexity index is 390. The van der Waals surface area contributed by atoms with Crippen LogP contribution in [0.5, 0.6) is 0 Å². The molecule has 1 aromatic heterocycles. The quantitative estimate of drug-likeness (QED) is 0.849. The zero-order chi connectivity index (χ0) is 12.4. The zero-order valence-corrected chi connectivity index (χ0v) is 10.7. The van der Waals surface area contributed by atoms with E-state index in [-0.39, 0.29) is 5.91 Å². The van der Waals surface area contributed by atoms with Gasteiger partial charge in [-0.15, -0.1) is 0 Å². The van der Waals surface area contributed by atoms with Crippen LogP contribution in [-0.4, -0.2) is 36.0 Å². The predicted molar refractivity (Wildman–Crippen MR) is 66.0 cm³/mol. The fourth-order valence-corrected chi connectivity index (χ4v) is 2.33. The van der Waals surface area contributed by atoms with E-state index < -0.39 is 0 Å². The third-order valence-corrected chi connectivity index (χ3v) is 3.07. The lowest BCUT2D eigenvalue weighted by Gasteiger charge is -2.35. The number of furan rings is 1. The largest absolute Gasteiger partial charge is 0.456 e. The number of hydrogen-bond donors (Lipinski definition) is 1. The molecule has 4 heteroatoms. The Labute approximate surface area is 102 Å². The Morgan fingerprint density at radius 3 is 2.59 bits per heavy atom. The van der Waals surface area contributed by atoms with Crippen LogP contribution in [0.4, 0.5) is 0 Å². The van der Waals surface area contributed by atoms with Gasteiger partial charge in [0, 0.05) is 31.6 Å². The molecule has 1 aliphatic rings. The van der Waals surface area contributed by atoms with Crippen molar-refractivity contribution in [1.29, 1.82) is 0 Å². The molecule has 1 aromatic rings. The summed E-state index contributed by atoms with van der Waals surface area (Å²) >= 11 is 0. The SMILES string of the molecule is CCc1ccc(C(=O)N2C[C@@H](C)N[C@H](C)C2)o1. The Balaban J connectivity index is 2.08. The lowest BCUT2D eigenvalue weighted by atomic mass is 10.1. The van der Waals surface area contributed by atoms with Gasteiger partial charge in [0.15, 0.2) is 5.76 Å². The molecule has 94 valence electrons. The van der Waals surface area contributed by atoms with E-state index in [4.69, 9.17) is 4.42 Å². The molecule has 1 N–H and O–H groups in total. The van der Waals surface area contributed by atoms with Crippen molar-refractivity contribution in [2.45, 2.75) is 39.3 Å². The summed E-state index contributed by atoms with van der Waals surface area (Å²) in [7, 11) is 0. The Morgan fingerprint density at radius 2 is 2.06 bits per heavy atom. The molecule has 0 aliphatic carbocycles. The van der Waals surface area contributed by atoms with Gasteiger partial charge in [-0.3, -0.25) is 4.79 Å². The highest BCUT2D eigenvalue weighted by Gasteiger charge is 2.27. The third-order valence-electron chi connectivity index (χ3n) is 3.07. The molecule has 0 saturated carbocycles. The number of amides is 1. The van der Waals surface area contributed by atoms with Crippen LogP contribution in [0, 0.1) is 0 Å². The average molecular weight is 236 g/mol. The van der Waals surface area contributed by atoms with Crippen LogP contribution in [0.1, 0.15) is 37.1 Å². The number of carbonyl (C=O) groups is 1. The molecule has 4 nitrogen and oxygen atoms in total. The van der Waals surface area contributed by atoms with Crippen molar-refractivity contribution in [3.05, 3.63) is 23.7 Å². The fraction of sp³-hybridized carbons (Fsp3) is 0.615. The maximum atomic E-state index is 12.2. The predicted octanol–water partition coefficient (Wildman–Crippen LogP) is 1.66. The molecular weight excluding hydrogens is 216 g/mol.